The Morgan fingerprint density at radius 1 is 1.16 bits per heavy atom. The normalized spacial score (nSPS) is 14.0. The molecule has 136 valence electrons. The lowest BCUT2D eigenvalue weighted by molar-refractivity contribution is -0.145. The Bertz CT molecular complexity index is 683. The number of esters is 1. The molecule has 1 aliphatic rings. The maximum Gasteiger partial charge on any atom is 0.338 e. The first kappa shape index (κ1) is 19.0. The molecule has 0 saturated carbocycles. The maximum atomic E-state index is 12.2. The van der Waals surface area contributed by atoms with E-state index < -0.39 is 5.97 Å². The van der Waals surface area contributed by atoms with Gasteiger partial charge in [-0.2, -0.15) is 0 Å². The number of amides is 1. The fraction of sp³-hybridized carbons (Fsp3) is 0.500. The molecule has 0 atom stereocenters. The molecule has 0 aromatic heterocycles. The van der Waals surface area contributed by atoms with Crippen molar-refractivity contribution in [1.29, 1.82) is 0 Å². The van der Waals surface area contributed by atoms with Crippen LogP contribution >= 0.6 is 0 Å². The predicted molar refractivity (Wildman–Crippen MR) is 97.2 cm³/mol. The van der Waals surface area contributed by atoms with Crippen molar-refractivity contribution in [2.75, 3.05) is 13.2 Å². The van der Waals surface area contributed by atoms with E-state index in [9.17, 15) is 9.59 Å². The van der Waals surface area contributed by atoms with Crippen LogP contribution in [0.3, 0.4) is 0 Å². The zero-order valence-electron chi connectivity index (χ0n) is 15.6. The third-order valence-electron chi connectivity index (χ3n) is 3.68. The molecule has 0 spiro atoms. The Balaban J connectivity index is 1.88. The molecule has 1 aromatic carbocycles. The highest BCUT2D eigenvalue weighted by Crippen LogP contribution is 2.27. The van der Waals surface area contributed by atoms with Crippen LogP contribution in [-0.2, 0) is 14.3 Å². The summed E-state index contributed by atoms with van der Waals surface area (Å²) in [5, 5.41) is 2.92. The molecule has 0 radical (unpaired) electrons. The van der Waals surface area contributed by atoms with E-state index in [2.05, 4.69) is 26.1 Å². The molecule has 1 aliphatic heterocycles. The first-order valence-electron chi connectivity index (χ1n) is 8.46. The molecule has 1 aromatic rings. The number of rotatable bonds is 5. The minimum Gasteiger partial charge on any atom is -0.488 e. The average Bonchev–Trinajstić information content (AvgIpc) is 2.49. The van der Waals surface area contributed by atoms with Gasteiger partial charge in [0.1, 0.15) is 12.4 Å². The molecule has 5 heteroatoms. The van der Waals surface area contributed by atoms with Gasteiger partial charge in [0.05, 0.1) is 5.57 Å². The quantitative estimate of drug-likeness (QED) is 0.831. The lowest BCUT2D eigenvalue weighted by Gasteiger charge is -2.33. The van der Waals surface area contributed by atoms with Gasteiger partial charge >= 0.3 is 5.97 Å². The second-order valence-electron chi connectivity index (χ2n) is 8.24. The smallest absolute Gasteiger partial charge is 0.338 e. The number of hydrogen-bond donors (Lipinski definition) is 1. The molecule has 0 saturated heterocycles. The second-order valence-corrected chi connectivity index (χ2v) is 8.24. The molecular weight excluding hydrogens is 318 g/mol. The Labute approximate surface area is 149 Å². The summed E-state index contributed by atoms with van der Waals surface area (Å²) in [5.41, 5.74) is 0.954. The largest absolute Gasteiger partial charge is 0.488 e. The SMILES string of the molecule is CC(C)(C)CC(C)(C)NC(=O)COC(=O)C1=Cc2ccccc2OC1. The minimum absolute atomic E-state index is 0.0884. The summed E-state index contributed by atoms with van der Waals surface area (Å²) in [6, 6.07) is 7.46. The van der Waals surface area contributed by atoms with Crippen molar-refractivity contribution in [3.05, 3.63) is 35.4 Å². The van der Waals surface area contributed by atoms with Crippen molar-refractivity contribution in [2.45, 2.75) is 46.6 Å². The summed E-state index contributed by atoms with van der Waals surface area (Å²) in [6.07, 6.45) is 2.55. The highest BCUT2D eigenvalue weighted by molar-refractivity contribution is 5.96. The summed E-state index contributed by atoms with van der Waals surface area (Å²) in [6.45, 7) is 10.1. The number of ether oxygens (including phenoxy) is 2. The van der Waals surface area contributed by atoms with Crippen LogP contribution in [0.5, 0.6) is 5.75 Å². The summed E-state index contributed by atoms with van der Waals surface area (Å²) < 4.78 is 10.7. The Hall–Kier alpha value is -2.30. The highest BCUT2D eigenvalue weighted by atomic mass is 16.5. The number of fused-ring (bicyclic) bond motifs is 1. The van der Waals surface area contributed by atoms with Crippen LogP contribution in [0.25, 0.3) is 6.08 Å². The van der Waals surface area contributed by atoms with E-state index in [0.29, 0.717) is 5.57 Å². The molecule has 0 unspecified atom stereocenters. The molecule has 5 nitrogen and oxygen atoms in total. The van der Waals surface area contributed by atoms with E-state index in [0.717, 1.165) is 17.7 Å². The Kier molecular flexibility index (Phi) is 5.55. The van der Waals surface area contributed by atoms with Crippen molar-refractivity contribution in [2.24, 2.45) is 5.41 Å². The van der Waals surface area contributed by atoms with Gasteiger partial charge in [0.2, 0.25) is 0 Å². The summed E-state index contributed by atoms with van der Waals surface area (Å²) in [5.74, 6) is -0.0978. The number of hydrogen-bond acceptors (Lipinski definition) is 4. The summed E-state index contributed by atoms with van der Waals surface area (Å²) in [4.78, 5) is 24.2. The fourth-order valence-corrected chi connectivity index (χ4v) is 3.24. The zero-order valence-corrected chi connectivity index (χ0v) is 15.6. The van der Waals surface area contributed by atoms with Crippen molar-refractivity contribution >= 4 is 18.0 Å². The van der Waals surface area contributed by atoms with Crippen LogP contribution in [0, 0.1) is 5.41 Å². The van der Waals surface area contributed by atoms with Gasteiger partial charge in [0, 0.05) is 11.1 Å². The Morgan fingerprint density at radius 2 is 1.84 bits per heavy atom. The lowest BCUT2D eigenvalue weighted by atomic mass is 9.82. The summed E-state index contributed by atoms with van der Waals surface area (Å²) in [7, 11) is 0. The highest BCUT2D eigenvalue weighted by Gasteiger charge is 2.27. The molecule has 0 aliphatic carbocycles. The van der Waals surface area contributed by atoms with Crippen molar-refractivity contribution in [1.82, 2.24) is 5.32 Å². The van der Waals surface area contributed by atoms with Crippen LogP contribution in [0.4, 0.5) is 0 Å². The molecule has 0 fully saturated rings. The van der Waals surface area contributed by atoms with Gasteiger partial charge in [-0.15, -0.1) is 0 Å². The van der Waals surface area contributed by atoms with Gasteiger partial charge < -0.3 is 14.8 Å². The van der Waals surface area contributed by atoms with Gasteiger partial charge in [0.15, 0.2) is 6.61 Å². The second kappa shape index (κ2) is 7.30. The monoisotopic (exact) mass is 345 g/mol. The molecule has 2 rings (SSSR count). The van der Waals surface area contributed by atoms with E-state index in [1.165, 1.54) is 0 Å². The van der Waals surface area contributed by atoms with Gasteiger partial charge in [-0.1, -0.05) is 39.0 Å². The van der Waals surface area contributed by atoms with Crippen molar-refractivity contribution in [3.8, 4) is 5.75 Å². The lowest BCUT2D eigenvalue weighted by Crippen LogP contribution is -2.47. The van der Waals surface area contributed by atoms with Gasteiger partial charge in [-0.25, -0.2) is 4.79 Å². The number of carbonyl (C=O) groups excluding carboxylic acids is 2. The molecule has 25 heavy (non-hydrogen) atoms. The predicted octanol–water partition coefficient (Wildman–Crippen LogP) is 3.34. The first-order valence-corrected chi connectivity index (χ1v) is 8.46. The average molecular weight is 345 g/mol. The number of para-hydroxylation sites is 1. The van der Waals surface area contributed by atoms with E-state index >= 15 is 0 Å². The van der Waals surface area contributed by atoms with Crippen LogP contribution < -0.4 is 10.1 Å². The van der Waals surface area contributed by atoms with E-state index in [4.69, 9.17) is 9.47 Å². The molecule has 1 heterocycles. The standard InChI is InChI=1S/C20H27NO4/c1-19(2,3)13-20(4,5)21-17(22)12-25-18(23)15-10-14-8-6-7-9-16(14)24-11-15/h6-10H,11-13H2,1-5H3,(H,21,22). The molecule has 1 amide bonds. The Morgan fingerprint density at radius 3 is 2.52 bits per heavy atom. The van der Waals surface area contributed by atoms with E-state index in [1.54, 1.807) is 6.08 Å². The molecule has 1 N–H and O–H groups in total. The first-order chi connectivity index (χ1) is 11.6. The van der Waals surface area contributed by atoms with Crippen molar-refractivity contribution in [3.63, 3.8) is 0 Å². The maximum absolute atomic E-state index is 12.2. The van der Waals surface area contributed by atoms with E-state index in [-0.39, 0.29) is 30.1 Å². The third kappa shape index (κ3) is 5.93. The van der Waals surface area contributed by atoms with Gasteiger partial charge in [-0.3, -0.25) is 4.79 Å². The topological polar surface area (TPSA) is 64.6 Å². The summed E-state index contributed by atoms with van der Waals surface area (Å²) >= 11 is 0. The molecular formula is C20H27NO4. The number of carbonyl (C=O) groups is 2. The van der Waals surface area contributed by atoms with Crippen LogP contribution in [0.15, 0.2) is 29.8 Å². The third-order valence-corrected chi connectivity index (χ3v) is 3.68. The van der Waals surface area contributed by atoms with Crippen molar-refractivity contribution < 1.29 is 19.1 Å². The molecule has 0 bridgehead atoms. The minimum atomic E-state index is -0.529. The van der Waals surface area contributed by atoms with Crippen LogP contribution in [-0.4, -0.2) is 30.6 Å². The van der Waals surface area contributed by atoms with E-state index in [1.807, 2.05) is 38.1 Å². The van der Waals surface area contributed by atoms with Gasteiger partial charge in [0.25, 0.3) is 5.91 Å². The fourth-order valence-electron chi connectivity index (χ4n) is 3.24. The number of benzene rings is 1. The van der Waals surface area contributed by atoms with Gasteiger partial charge in [-0.05, 0) is 37.8 Å². The van der Waals surface area contributed by atoms with Crippen LogP contribution in [0.2, 0.25) is 0 Å². The number of nitrogens with one attached hydrogen (secondary N) is 1. The van der Waals surface area contributed by atoms with Crippen LogP contribution in [0.1, 0.15) is 46.6 Å². The zero-order chi connectivity index (χ0) is 18.7.